The molecule has 0 aliphatic heterocycles. The highest BCUT2D eigenvalue weighted by molar-refractivity contribution is 6.00. The number of methoxy groups -OCH3 is 1. The molecule has 6 heteroatoms. The lowest BCUT2D eigenvalue weighted by molar-refractivity contribution is 0.248. The number of hydrogen-bond donors (Lipinski definition) is 3. The van der Waals surface area contributed by atoms with Gasteiger partial charge in [-0.15, -0.1) is 0 Å². The summed E-state index contributed by atoms with van der Waals surface area (Å²) in [6.07, 6.45) is 3.56. The van der Waals surface area contributed by atoms with Crippen molar-refractivity contribution in [2.45, 2.75) is 18.9 Å². The number of H-pyrrole nitrogens is 1. The predicted octanol–water partition coefficient (Wildman–Crippen LogP) is 3.38. The highest BCUT2D eigenvalue weighted by Gasteiger charge is 2.24. The Morgan fingerprint density at radius 1 is 1.33 bits per heavy atom. The minimum Gasteiger partial charge on any atom is -0.497 e. The van der Waals surface area contributed by atoms with Crippen LogP contribution in [0.2, 0.25) is 0 Å². The van der Waals surface area contributed by atoms with E-state index in [0.29, 0.717) is 0 Å². The third-order valence-corrected chi connectivity index (χ3v) is 4.47. The zero-order chi connectivity index (χ0) is 16.5. The van der Waals surface area contributed by atoms with E-state index in [1.165, 1.54) is 5.56 Å². The molecule has 3 aromatic rings. The number of rotatable bonds is 3. The van der Waals surface area contributed by atoms with Crippen molar-refractivity contribution >= 4 is 22.6 Å². The zero-order valence-electron chi connectivity index (χ0n) is 13.3. The molecule has 2 amide bonds. The average Bonchev–Trinajstić information content (AvgIpc) is 3.22. The summed E-state index contributed by atoms with van der Waals surface area (Å²) in [7, 11) is 1.65. The molecule has 0 fully saturated rings. The summed E-state index contributed by atoms with van der Waals surface area (Å²) in [5.74, 6) is 0.811. The first kappa shape index (κ1) is 14.6. The van der Waals surface area contributed by atoms with Crippen LogP contribution in [0.5, 0.6) is 5.75 Å². The number of anilines is 1. The molecule has 1 unspecified atom stereocenters. The van der Waals surface area contributed by atoms with Gasteiger partial charge in [0.15, 0.2) is 0 Å². The molecule has 0 saturated heterocycles. The molecule has 0 saturated carbocycles. The van der Waals surface area contributed by atoms with Crippen LogP contribution in [0.25, 0.3) is 10.9 Å². The largest absolute Gasteiger partial charge is 0.497 e. The van der Waals surface area contributed by atoms with Gasteiger partial charge in [0.05, 0.1) is 30.6 Å². The molecule has 6 nitrogen and oxygen atoms in total. The van der Waals surface area contributed by atoms with Gasteiger partial charge >= 0.3 is 6.03 Å². The minimum atomic E-state index is -0.218. The number of nitrogens with zero attached hydrogens (tertiary/aromatic N) is 1. The summed E-state index contributed by atoms with van der Waals surface area (Å²) >= 11 is 0. The van der Waals surface area contributed by atoms with Gasteiger partial charge in [0.2, 0.25) is 0 Å². The van der Waals surface area contributed by atoms with Crippen molar-refractivity contribution in [2.75, 3.05) is 12.4 Å². The fourth-order valence-electron chi connectivity index (χ4n) is 3.25. The fraction of sp³-hybridized carbons (Fsp3) is 0.222. The molecule has 0 radical (unpaired) electrons. The lowest BCUT2D eigenvalue weighted by Gasteiger charge is -2.16. The van der Waals surface area contributed by atoms with Crippen LogP contribution in [0.3, 0.4) is 0 Å². The van der Waals surface area contributed by atoms with Gasteiger partial charge < -0.3 is 15.4 Å². The number of amides is 2. The Hall–Kier alpha value is -3.02. The minimum absolute atomic E-state index is 0.00125. The summed E-state index contributed by atoms with van der Waals surface area (Å²) in [6, 6.07) is 11.5. The molecule has 3 N–H and O–H groups in total. The van der Waals surface area contributed by atoms with Gasteiger partial charge in [0.1, 0.15) is 5.75 Å². The van der Waals surface area contributed by atoms with Crippen LogP contribution in [-0.4, -0.2) is 23.3 Å². The Labute approximate surface area is 139 Å². The van der Waals surface area contributed by atoms with Crippen molar-refractivity contribution in [2.24, 2.45) is 0 Å². The fourth-order valence-corrected chi connectivity index (χ4v) is 3.25. The molecule has 4 rings (SSSR count). The topological polar surface area (TPSA) is 79.0 Å². The number of nitrogens with one attached hydrogen (secondary N) is 3. The smallest absolute Gasteiger partial charge is 0.319 e. The quantitative estimate of drug-likeness (QED) is 0.691. The van der Waals surface area contributed by atoms with Crippen LogP contribution in [0.15, 0.2) is 42.6 Å². The standard InChI is InChI=1S/C18H18N4O2/c1-24-12-7-5-11-6-8-16(13(11)9-12)21-18(23)20-15-3-2-4-17-14(15)10-19-22-17/h2-5,7,9-10,16H,6,8H2,1H3,(H,19,22)(H2,20,21,23). The third kappa shape index (κ3) is 2.56. The zero-order valence-corrected chi connectivity index (χ0v) is 13.3. The second-order valence-corrected chi connectivity index (χ2v) is 5.89. The highest BCUT2D eigenvalue weighted by atomic mass is 16.5. The van der Waals surface area contributed by atoms with Crippen molar-refractivity contribution < 1.29 is 9.53 Å². The maximum absolute atomic E-state index is 12.4. The molecule has 0 spiro atoms. The first-order valence-electron chi connectivity index (χ1n) is 7.91. The van der Waals surface area contributed by atoms with Crippen molar-refractivity contribution in [3.63, 3.8) is 0 Å². The molecule has 1 heterocycles. The second kappa shape index (κ2) is 5.88. The Balaban J connectivity index is 1.51. The molecule has 0 bridgehead atoms. The van der Waals surface area contributed by atoms with Gasteiger partial charge in [0.25, 0.3) is 0 Å². The molecule has 122 valence electrons. The van der Waals surface area contributed by atoms with Crippen molar-refractivity contribution in [1.82, 2.24) is 15.5 Å². The van der Waals surface area contributed by atoms with Gasteiger partial charge in [-0.2, -0.15) is 5.10 Å². The summed E-state index contributed by atoms with van der Waals surface area (Å²) < 4.78 is 5.29. The monoisotopic (exact) mass is 322 g/mol. The second-order valence-electron chi connectivity index (χ2n) is 5.89. The Kier molecular flexibility index (Phi) is 3.57. The summed E-state index contributed by atoms with van der Waals surface area (Å²) in [4.78, 5) is 12.4. The SMILES string of the molecule is COc1ccc2c(c1)C(NC(=O)Nc1cccc3[nH]ncc13)CC2. The number of aromatic amines is 1. The number of aromatic nitrogens is 2. The van der Waals surface area contributed by atoms with Crippen LogP contribution in [0.1, 0.15) is 23.6 Å². The first-order valence-corrected chi connectivity index (χ1v) is 7.91. The van der Waals surface area contributed by atoms with Gasteiger partial charge in [-0.25, -0.2) is 4.79 Å². The number of carbonyl (C=O) groups is 1. The van der Waals surface area contributed by atoms with E-state index < -0.39 is 0 Å². The molecule has 1 aliphatic rings. The molecule has 2 aromatic carbocycles. The van der Waals surface area contributed by atoms with Gasteiger partial charge in [-0.3, -0.25) is 5.10 Å². The Morgan fingerprint density at radius 3 is 3.12 bits per heavy atom. The summed E-state index contributed by atoms with van der Waals surface area (Å²) in [5.41, 5.74) is 4.02. The van der Waals surface area contributed by atoms with Crippen LogP contribution in [0.4, 0.5) is 10.5 Å². The van der Waals surface area contributed by atoms with E-state index in [0.717, 1.165) is 40.7 Å². The third-order valence-electron chi connectivity index (χ3n) is 4.47. The number of hydrogen-bond acceptors (Lipinski definition) is 3. The van der Waals surface area contributed by atoms with Crippen LogP contribution < -0.4 is 15.4 Å². The number of fused-ring (bicyclic) bond motifs is 2. The van der Waals surface area contributed by atoms with Crippen molar-refractivity contribution in [3.8, 4) is 5.75 Å². The molecule has 1 aliphatic carbocycles. The van der Waals surface area contributed by atoms with Crippen LogP contribution in [-0.2, 0) is 6.42 Å². The van der Waals surface area contributed by atoms with Crippen molar-refractivity contribution in [3.05, 3.63) is 53.7 Å². The average molecular weight is 322 g/mol. The highest BCUT2D eigenvalue weighted by Crippen LogP contribution is 2.33. The first-order chi connectivity index (χ1) is 11.7. The van der Waals surface area contributed by atoms with E-state index in [-0.39, 0.29) is 12.1 Å². The van der Waals surface area contributed by atoms with E-state index in [1.54, 1.807) is 13.3 Å². The van der Waals surface area contributed by atoms with E-state index in [9.17, 15) is 4.79 Å². The van der Waals surface area contributed by atoms with Crippen LogP contribution >= 0.6 is 0 Å². The summed E-state index contributed by atoms with van der Waals surface area (Å²) in [5, 5.41) is 13.8. The Morgan fingerprint density at radius 2 is 2.25 bits per heavy atom. The molecular weight excluding hydrogens is 304 g/mol. The van der Waals surface area contributed by atoms with E-state index >= 15 is 0 Å². The number of aryl methyl sites for hydroxylation is 1. The van der Waals surface area contributed by atoms with Crippen molar-refractivity contribution in [1.29, 1.82) is 0 Å². The summed E-state index contributed by atoms with van der Waals surface area (Å²) in [6.45, 7) is 0. The molecule has 1 atom stereocenters. The number of benzene rings is 2. The number of urea groups is 1. The normalized spacial score (nSPS) is 16.0. The lowest BCUT2D eigenvalue weighted by Crippen LogP contribution is -2.31. The number of carbonyl (C=O) groups excluding carboxylic acids is 1. The lowest BCUT2D eigenvalue weighted by atomic mass is 10.1. The molecule has 24 heavy (non-hydrogen) atoms. The Bertz CT molecular complexity index is 903. The molecule has 1 aromatic heterocycles. The predicted molar refractivity (Wildman–Crippen MR) is 92.3 cm³/mol. The van der Waals surface area contributed by atoms with E-state index in [1.807, 2.05) is 30.3 Å². The number of ether oxygens (including phenoxy) is 1. The maximum Gasteiger partial charge on any atom is 0.319 e. The van der Waals surface area contributed by atoms with Crippen LogP contribution in [0, 0.1) is 0 Å². The molecular formula is C18H18N4O2. The van der Waals surface area contributed by atoms with E-state index in [4.69, 9.17) is 4.74 Å². The van der Waals surface area contributed by atoms with Gasteiger partial charge in [-0.05, 0) is 48.2 Å². The van der Waals surface area contributed by atoms with Gasteiger partial charge in [-0.1, -0.05) is 12.1 Å². The van der Waals surface area contributed by atoms with E-state index in [2.05, 4.69) is 26.9 Å². The van der Waals surface area contributed by atoms with Gasteiger partial charge in [0, 0.05) is 5.39 Å². The maximum atomic E-state index is 12.4.